The van der Waals surface area contributed by atoms with E-state index in [0.29, 0.717) is 6.04 Å². The first kappa shape index (κ1) is 15.8. The Labute approximate surface area is 119 Å². The minimum atomic E-state index is 0. The largest absolute Gasteiger partial charge is 1.00 e. The fraction of sp³-hybridized carbons (Fsp3) is 0.778. The molecule has 0 amide bonds. The van der Waals surface area contributed by atoms with E-state index >= 15 is 0 Å². The summed E-state index contributed by atoms with van der Waals surface area (Å²) in [5, 5.41) is 0. The number of hydrogen-bond donors (Lipinski definition) is 0. The van der Waals surface area contributed by atoms with Crippen molar-refractivity contribution in [2.45, 2.75) is 18.9 Å². The maximum absolute atomic E-state index is 5.36. The van der Waals surface area contributed by atoms with E-state index in [0.717, 1.165) is 0 Å². The molecule has 0 aliphatic carbocycles. The van der Waals surface area contributed by atoms with Gasteiger partial charge in [0.1, 0.15) is 0 Å². The Kier molecular flexibility index (Phi) is 13.6. The third kappa shape index (κ3) is 6.77. The Bertz CT molecular complexity index is 109. The molecule has 0 bridgehead atoms. The van der Waals surface area contributed by atoms with Crippen molar-refractivity contribution in [3.05, 3.63) is 12.7 Å². The van der Waals surface area contributed by atoms with Crippen molar-refractivity contribution < 1.29 is 56.1 Å². The van der Waals surface area contributed by atoms with Gasteiger partial charge in [-0.15, -0.1) is 0 Å². The van der Waals surface area contributed by atoms with Crippen LogP contribution in [0.2, 0.25) is 0 Å². The van der Waals surface area contributed by atoms with Crippen LogP contribution in [0.25, 0.3) is 0 Å². The number of likely N-dealkylation sites (N-methyl/N-ethyl adjacent to an activating group) is 1. The third-order valence-corrected chi connectivity index (χ3v) is 1.80. The molecule has 0 aromatic heterocycles. The van der Waals surface area contributed by atoms with Gasteiger partial charge in [-0.3, -0.25) is 6.08 Å². The van der Waals surface area contributed by atoms with Gasteiger partial charge in [0.05, 0.1) is 0 Å². The quantitative estimate of drug-likeness (QED) is 0.367. The zero-order chi connectivity index (χ0) is 8.69. The molecule has 1 fully saturated rings. The van der Waals surface area contributed by atoms with Crippen LogP contribution < -0.4 is 51.4 Å². The minimum Gasteiger partial charge on any atom is -0.516 e. The van der Waals surface area contributed by atoms with E-state index in [4.69, 9.17) is 6.58 Å². The summed E-state index contributed by atoms with van der Waals surface area (Å²) in [5.41, 5.74) is 0. The molecule has 1 aliphatic heterocycles. The van der Waals surface area contributed by atoms with Crippen molar-refractivity contribution in [1.82, 2.24) is 4.90 Å². The molecule has 1 heterocycles. The molecule has 1 atom stereocenters. The van der Waals surface area contributed by atoms with E-state index in [9.17, 15) is 0 Å². The third-order valence-electron chi connectivity index (χ3n) is 1.80. The van der Waals surface area contributed by atoms with Gasteiger partial charge in [-0.25, -0.2) is 0 Å². The molecule has 12 heavy (non-hydrogen) atoms. The zero-order valence-corrected chi connectivity index (χ0v) is 11.8. The summed E-state index contributed by atoms with van der Waals surface area (Å²) in [6.45, 7) is 6.56. The number of nitrogens with zero attached hydrogens (tertiary/aromatic N) is 1. The number of likely N-dealkylation sites (tertiary alicyclic amines) is 1. The first-order valence-corrected chi connectivity index (χ1v) is 3.91. The van der Waals surface area contributed by atoms with E-state index in [2.05, 4.69) is 16.7 Å². The molecule has 0 saturated carbocycles. The molecule has 2 nitrogen and oxygen atoms in total. The fourth-order valence-corrected chi connectivity index (χ4v) is 1.18. The normalized spacial score (nSPS) is 22.1. The molecule has 0 radical (unpaired) electrons. The molecule has 0 N–H and O–H groups in total. The molecular weight excluding hydrogens is 177 g/mol. The summed E-state index contributed by atoms with van der Waals surface area (Å²) < 4.78 is 4.25. The van der Waals surface area contributed by atoms with Crippen LogP contribution in [0.1, 0.15) is 12.8 Å². The molecule has 0 aromatic rings. The Morgan fingerprint density at radius 3 is 2.17 bits per heavy atom. The van der Waals surface area contributed by atoms with Gasteiger partial charge in [0.2, 0.25) is 0 Å². The average Bonchev–Trinajstić information content (AvgIpc) is 2.36. The maximum atomic E-state index is 5.36. The number of rotatable bonds is 1. The number of ether oxygens (including phenoxy) is 1. The van der Waals surface area contributed by atoms with Gasteiger partial charge in [0.15, 0.2) is 0 Å². The molecule has 1 rings (SSSR count). The molecule has 3 heteroatoms. The van der Waals surface area contributed by atoms with Gasteiger partial charge < -0.3 is 16.2 Å². The van der Waals surface area contributed by atoms with Crippen molar-refractivity contribution in [3.8, 4) is 0 Å². The summed E-state index contributed by atoms with van der Waals surface area (Å²) in [6, 6.07) is 0.551. The predicted molar refractivity (Wildman–Crippen MR) is 47.5 cm³/mol. The van der Waals surface area contributed by atoms with Crippen molar-refractivity contribution in [2.24, 2.45) is 0 Å². The van der Waals surface area contributed by atoms with Crippen molar-refractivity contribution in [2.75, 3.05) is 27.8 Å². The van der Waals surface area contributed by atoms with Crippen molar-refractivity contribution in [3.63, 3.8) is 0 Å². The van der Waals surface area contributed by atoms with Crippen LogP contribution >= 0.6 is 0 Å². The predicted octanol–water partition coefficient (Wildman–Crippen LogP) is -1.66. The van der Waals surface area contributed by atoms with Crippen LogP contribution in [0.15, 0.2) is 6.08 Å². The van der Waals surface area contributed by atoms with E-state index in [-0.39, 0.29) is 51.4 Å². The van der Waals surface area contributed by atoms with Gasteiger partial charge in [-0.1, -0.05) is 0 Å². The fourth-order valence-electron chi connectivity index (χ4n) is 1.18. The summed E-state index contributed by atoms with van der Waals surface area (Å²) >= 11 is 0. The molecule has 0 spiro atoms. The smallest absolute Gasteiger partial charge is 0.516 e. The summed E-state index contributed by atoms with van der Waals surface area (Å²) in [6.07, 6.45) is 4.33. The first-order chi connectivity index (χ1) is 5.26. The van der Waals surface area contributed by atoms with Crippen LogP contribution in [-0.2, 0) is 4.74 Å². The summed E-state index contributed by atoms with van der Waals surface area (Å²) in [4.78, 5) is 2.28. The van der Waals surface area contributed by atoms with Gasteiger partial charge >= 0.3 is 51.4 Å². The Morgan fingerprint density at radius 2 is 2.00 bits per heavy atom. The Morgan fingerprint density at radius 1 is 1.50 bits per heavy atom. The minimum absolute atomic E-state index is 0. The number of methoxy groups -OCH3 is 1. The van der Waals surface area contributed by atoms with Crippen molar-refractivity contribution >= 4 is 0 Å². The molecular formula is C9H18KNO. The monoisotopic (exact) mass is 195 g/mol. The average molecular weight is 195 g/mol. The van der Waals surface area contributed by atoms with Gasteiger partial charge in [0.25, 0.3) is 0 Å². The van der Waals surface area contributed by atoms with E-state index in [1.807, 2.05) is 0 Å². The standard InChI is InChI=1S/C7H12N.C2H6O.K/c1-3-7-5-4-6-8(7)2;1-3-2;/h1,3,7H,4-6H2,2H3;1-2H3;/q-1;;+1. The van der Waals surface area contributed by atoms with E-state index in [1.165, 1.54) is 19.4 Å². The topological polar surface area (TPSA) is 12.5 Å². The van der Waals surface area contributed by atoms with Crippen molar-refractivity contribution in [1.29, 1.82) is 0 Å². The van der Waals surface area contributed by atoms with Crippen LogP contribution in [0.5, 0.6) is 0 Å². The van der Waals surface area contributed by atoms with E-state index in [1.54, 1.807) is 20.3 Å². The van der Waals surface area contributed by atoms with Crippen LogP contribution in [0, 0.1) is 6.58 Å². The second-order valence-electron chi connectivity index (χ2n) is 2.79. The summed E-state index contributed by atoms with van der Waals surface area (Å²) in [7, 11) is 5.36. The molecule has 1 unspecified atom stereocenters. The Hall–Kier alpha value is 1.30. The Balaban J connectivity index is 0. The van der Waals surface area contributed by atoms with Crippen LogP contribution in [-0.4, -0.2) is 38.8 Å². The van der Waals surface area contributed by atoms with Crippen LogP contribution in [0.3, 0.4) is 0 Å². The second-order valence-corrected chi connectivity index (χ2v) is 2.79. The second kappa shape index (κ2) is 10.4. The van der Waals surface area contributed by atoms with Crippen LogP contribution in [0.4, 0.5) is 0 Å². The van der Waals surface area contributed by atoms with Gasteiger partial charge in [0, 0.05) is 14.2 Å². The summed E-state index contributed by atoms with van der Waals surface area (Å²) in [5.74, 6) is 0. The van der Waals surface area contributed by atoms with Gasteiger partial charge in [-0.2, -0.15) is 0 Å². The first-order valence-electron chi connectivity index (χ1n) is 3.91. The molecule has 66 valence electrons. The number of hydrogen-bond acceptors (Lipinski definition) is 2. The molecule has 1 saturated heterocycles. The SMILES string of the molecule is COC.[CH-]=CC1CCCN1C.[K+]. The maximum Gasteiger partial charge on any atom is 1.00 e. The molecule has 0 aromatic carbocycles. The molecule has 1 aliphatic rings. The zero-order valence-electron chi connectivity index (χ0n) is 8.71. The van der Waals surface area contributed by atoms with E-state index < -0.39 is 0 Å². The van der Waals surface area contributed by atoms with Gasteiger partial charge in [-0.05, 0) is 32.5 Å².